The molecule has 0 atom stereocenters. The molecule has 0 spiro atoms. The van der Waals surface area contributed by atoms with Gasteiger partial charge in [-0.25, -0.2) is 0 Å². The highest BCUT2D eigenvalue weighted by Crippen LogP contribution is 2.12. The lowest BCUT2D eigenvalue weighted by atomic mass is 10.2. The number of rotatable bonds is 2. The van der Waals surface area contributed by atoms with Gasteiger partial charge in [0.2, 0.25) is 4.96 Å². The zero-order valence-electron chi connectivity index (χ0n) is 12.7. The molecule has 0 aliphatic rings. The van der Waals surface area contributed by atoms with Crippen LogP contribution in [0, 0.1) is 0 Å². The van der Waals surface area contributed by atoms with E-state index in [1.54, 1.807) is 42.5 Å². The van der Waals surface area contributed by atoms with Crippen molar-refractivity contribution in [1.29, 1.82) is 0 Å². The van der Waals surface area contributed by atoms with E-state index in [0.29, 0.717) is 15.1 Å². The van der Waals surface area contributed by atoms with Crippen LogP contribution in [-0.4, -0.2) is 14.6 Å². The van der Waals surface area contributed by atoms with Gasteiger partial charge in [0.25, 0.3) is 5.56 Å². The fourth-order valence-electron chi connectivity index (χ4n) is 2.40. The van der Waals surface area contributed by atoms with Crippen molar-refractivity contribution in [3.8, 4) is 11.3 Å². The van der Waals surface area contributed by atoms with Gasteiger partial charge >= 0.3 is 5.56 Å². The summed E-state index contributed by atoms with van der Waals surface area (Å²) in [5, 5.41) is 4.84. The van der Waals surface area contributed by atoms with Crippen molar-refractivity contribution in [1.82, 2.24) is 14.6 Å². The minimum atomic E-state index is -0.453. The third kappa shape index (κ3) is 2.97. The molecule has 7 heteroatoms. The Bertz CT molecular complexity index is 1230. The number of benzene rings is 2. The second kappa shape index (κ2) is 6.23. The minimum absolute atomic E-state index is 0.158. The molecule has 0 bridgehead atoms. The van der Waals surface area contributed by atoms with Crippen molar-refractivity contribution in [3.63, 3.8) is 0 Å². The molecule has 0 N–H and O–H groups in total. The number of hydrogen-bond acceptors (Lipinski definition) is 5. The number of halogens is 1. The summed E-state index contributed by atoms with van der Waals surface area (Å²) in [5.74, 6) is 0. The van der Waals surface area contributed by atoms with Gasteiger partial charge in [0.05, 0.1) is 4.53 Å². The van der Waals surface area contributed by atoms with Gasteiger partial charge < -0.3 is 0 Å². The molecular formula is C18H10ClN3O2S. The SMILES string of the molecule is O=c1nc2sc(=Cc3ccc(Cl)cc3)c(=O)n2nc1-c1ccccc1. The Balaban J connectivity index is 1.93. The molecule has 0 saturated heterocycles. The maximum atomic E-state index is 12.6. The molecule has 25 heavy (non-hydrogen) atoms. The van der Waals surface area contributed by atoms with E-state index in [-0.39, 0.29) is 16.2 Å². The molecule has 0 unspecified atom stereocenters. The molecule has 4 rings (SSSR count). The highest BCUT2D eigenvalue weighted by atomic mass is 35.5. The fraction of sp³-hybridized carbons (Fsp3) is 0. The van der Waals surface area contributed by atoms with Crippen LogP contribution in [-0.2, 0) is 0 Å². The molecule has 0 aliphatic carbocycles. The van der Waals surface area contributed by atoms with Gasteiger partial charge in [0, 0.05) is 10.6 Å². The zero-order valence-corrected chi connectivity index (χ0v) is 14.3. The Hall–Kier alpha value is -2.83. The average Bonchev–Trinajstić information content (AvgIpc) is 2.92. The van der Waals surface area contributed by atoms with Crippen molar-refractivity contribution in [3.05, 3.63) is 90.4 Å². The second-order valence-corrected chi connectivity index (χ2v) is 6.74. The first-order chi connectivity index (χ1) is 12.1. The van der Waals surface area contributed by atoms with Crippen LogP contribution in [0.25, 0.3) is 22.3 Å². The Morgan fingerprint density at radius 2 is 1.72 bits per heavy atom. The largest absolute Gasteiger partial charge is 0.300 e. The number of nitrogens with zero attached hydrogens (tertiary/aromatic N) is 3. The van der Waals surface area contributed by atoms with Crippen LogP contribution in [0.15, 0.2) is 64.2 Å². The summed E-state index contributed by atoms with van der Waals surface area (Å²) in [6.45, 7) is 0. The summed E-state index contributed by atoms with van der Waals surface area (Å²) < 4.78 is 1.63. The van der Waals surface area contributed by atoms with Crippen LogP contribution in [0.5, 0.6) is 0 Å². The van der Waals surface area contributed by atoms with Crippen molar-refractivity contribution in [2.24, 2.45) is 0 Å². The number of aromatic nitrogens is 3. The molecule has 0 amide bonds. The third-order valence-corrected chi connectivity index (χ3v) is 4.81. The molecule has 2 aromatic heterocycles. The smallest absolute Gasteiger partial charge is 0.266 e. The summed E-state index contributed by atoms with van der Waals surface area (Å²) >= 11 is 7.00. The molecule has 0 aliphatic heterocycles. The summed E-state index contributed by atoms with van der Waals surface area (Å²) in [6.07, 6.45) is 1.73. The third-order valence-electron chi connectivity index (χ3n) is 3.60. The van der Waals surface area contributed by atoms with Crippen molar-refractivity contribution in [2.75, 3.05) is 0 Å². The molecule has 0 fully saturated rings. The standard InChI is InChI=1S/C18H10ClN3O2S/c19-13-8-6-11(7-9-13)10-14-17(24)22-18(25-14)20-16(23)15(21-22)12-4-2-1-3-5-12/h1-10H. The molecule has 4 aromatic rings. The van der Waals surface area contributed by atoms with E-state index in [4.69, 9.17) is 11.6 Å². The van der Waals surface area contributed by atoms with E-state index in [2.05, 4.69) is 10.1 Å². The van der Waals surface area contributed by atoms with E-state index in [0.717, 1.165) is 16.9 Å². The Morgan fingerprint density at radius 1 is 1.00 bits per heavy atom. The monoisotopic (exact) mass is 367 g/mol. The highest BCUT2D eigenvalue weighted by Gasteiger charge is 2.12. The van der Waals surface area contributed by atoms with Gasteiger partial charge in [-0.1, -0.05) is 65.4 Å². The van der Waals surface area contributed by atoms with Crippen molar-refractivity contribution < 1.29 is 0 Å². The van der Waals surface area contributed by atoms with E-state index >= 15 is 0 Å². The van der Waals surface area contributed by atoms with E-state index in [1.807, 2.05) is 18.2 Å². The first kappa shape index (κ1) is 15.7. The minimum Gasteiger partial charge on any atom is -0.266 e. The number of fused-ring (bicyclic) bond motifs is 1. The van der Waals surface area contributed by atoms with Crippen LogP contribution >= 0.6 is 22.9 Å². The van der Waals surface area contributed by atoms with Crippen molar-refractivity contribution in [2.45, 2.75) is 0 Å². The summed E-state index contributed by atoms with van der Waals surface area (Å²) in [7, 11) is 0. The van der Waals surface area contributed by atoms with E-state index in [9.17, 15) is 9.59 Å². The van der Waals surface area contributed by atoms with Crippen molar-refractivity contribution >= 4 is 34.0 Å². The maximum absolute atomic E-state index is 12.6. The second-order valence-electron chi connectivity index (χ2n) is 5.29. The van der Waals surface area contributed by atoms with Gasteiger partial charge in [-0.2, -0.15) is 14.6 Å². The summed E-state index contributed by atoms with van der Waals surface area (Å²) in [6, 6.07) is 16.1. The molecular weight excluding hydrogens is 358 g/mol. The molecule has 0 radical (unpaired) electrons. The fourth-order valence-corrected chi connectivity index (χ4v) is 3.43. The normalized spacial score (nSPS) is 12.0. The van der Waals surface area contributed by atoms with E-state index in [1.165, 1.54) is 4.52 Å². The van der Waals surface area contributed by atoms with Crippen LogP contribution < -0.4 is 15.7 Å². The molecule has 2 aromatic carbocycles. The number of hydrogen-bond donors (Lipinski definition) is 0. The average molecular weight is 368 g/mol. The lowest BCUT2D eigenvalue weighted by molar-refractivity contribution is 0.873. The quantitative estimate of drug-likeness (QED) is 0.545. The van der Waals surface area contributed by atoms with Gasteiger partial charge in [-0.3, -0.25) is 9.59 Å². The van der Waals surface area contributed by atoms with E-state index < -0.39 is 5.56 Å². The molecule has 2 heterocycles. The molecule has 122 valence electrons. The zero-order chi connectivity index (χ0) is 17.4. The number of thiazole rings is 1. The predicted molar refractivity (Wildman–Crippen MR) is 99.1 cm³/mol. The van der Waals surface area contributed by atoms with Gasteiger partial charge in [0.15, 0.2) is 5.69 Å². The maximum Gasteiger partial charge on any atom is 0.300 e. The van der Waals surface area contributed by atoms with Gasteiger partial charge in [-0.05, 0) is 23.8 Å². The predicted octanol–water partition coefficient (Wildman–Crippen LogP) is 2.38. The topological polar surface area (TPSA) is 64.3 Å². The van der Waals surface area contributed by atoms with Crippen LogP contribution in [0.1, 0.15) is 5.56 Å². The Morgan fingerprint density at radius 3 is 2.44 bits per heavy atom. The first-order valence-corrected chi connectivity index (χ1v) is 8.58. The lowest BCUT2D eigenvalue weighted by Gasteiger charge is -1.98. The summed E-state index contributed by atoms with van der Waals surface area (Å²) in [4.78, 5) is 29.1. The van der Waals surface area contributed by atoms with Gasteiger partial charge in [-0.15, -0.1) is 0 Å². The Kier molecular flexibility index (Phi) is 3.91. The molecule has 0 saturated carbocycles. The van der Waals surface area contributed by atoms with Crippen LogP contribution in [0.4, 0.5) is 0 Å². The van der Waals surface area contributed by atoms with Gasteiger partial charge in [0.1, 0.15) is 0 Å². The highest BCUT2D eigenvalue weighted by molar-refractivity contribution is 7.15. The van der Waals surface area contributed by atoms with Crippen LogP contribution in [0.2, 0.25) is 5.02 Å². The van der Waals surface area contributed by atoms with Crippen LogP contribution in [0.3, 0.4) is 0 Å². The Labute approximate surface area is 150 Å². The molecule has 5 nitrogen and oxygen atoms in total. The summed E-state index contributed by atoms with van der Waals surface area (Å²) in [5.41, 5.74) is 0.860. The first-order valence-electron chi connectivity index (χ1n) is 7.38. The lowest BCUT2D eigenvalue weighted by Crippen LogP contribution is -2.26.